The van der Waals surface area contributed by atoms with Crippen LogP contribution in [-0.2, 0) is 11.3 Å². The van der Waals surface area contributed by atoms with Crippen molar-refractivity contribution in [1.29, 1.82) is 0 Å². The smallest absolute Gasteiger partial charge is 0.170 e. The summed E-state index contributed by atoms with van der Waals surface area (Å²) in [6.07, 6.45) is 2.02. The van der Waals surface area contributed by atoms with Crippen LogP contribution in [0.1, 0.15) is 32.5 Å². The zero-order valence-corrected chi connectivity index (χ0v) is 12.5. The molecule has 2 heterocycles. The lowest BCUT2D eigenvalue weighted by molar-refractivity contribution is -0.0631. The van der Waals surface area contributed by atoms with Gasteiger partial charge in [-0.05, 0) is 49.2 Å². The van der Waals surface area contributed by atoms with Gasteiger partial charge in [0.05, 0.1) is 17.8 Å². The fourth-order valence-corrected chi connectivity index (χ4v) is 2.73. The van der Waals surface area contributed by atoms with Gasteiger partial charge in [-0.1, -0.05) is 18.2 Å². The molecule has 1 fully saturated rings. The lowest BCUT2D eigenvalue weighted by atomic mass is 9.94. The summed E-state index contributed by atoms with van der Waals surface area (Å²) in [4.78, 5) is 0. The van der Waals surface area contributed by atoms with E-state index in [9.17, 15) is 0 Å². The molecule has 1 saturated heterocycles. The Bertz CT molecular complexity index is 581. The third-order valence-corrected chi connectivity index (χ3v) is 3.78. The zero-order chi connectivity index (χ0) is 14.7. The van der Waals surface area contributed by atoms with Gasteiger partial charge in [0, 0.05) is 12.6 Å². The van der Waals surface area contributed by atoms with Crippen LogP contribution in [0.2, 0.25) is 0 Å². The second-order valence-electron chi connectivity index (χ2n) is 6.02. The maximum atomic E-state index is 5.74. The number of nitrogens with one attached hydrogen (secondary N) is 1. The van der Waals surface area contributed by atoms with Crippen LogP contribution < -0.4 is 5.32 Å². The van der Waals surface area contributed by atoms with E-state index in [1.54, 1.807) is 4.68 Å². The van der Waals surface area contributed by atoms with Crippen LogP contribution in [-0.4, -0.2) is 38.5 Å². The van der Waals surface area contributed by atoms with Crippen molar-refractivity contribution < 1.29 is 4.74 Å². The van der Waals surface area contributed by atoms with Gasteiger partial charge in [-0.15, -0.1) is 5.10 Å². The first-order chi connectivity index (χ1) is 10.1. The molecule has 6 heteroatoms. The molecule has 1 aliphatic heterocycles. The maximum absolute atomic E-state index is 5.74. The van der Waals surface area contributed by atoms with Crippen molar-refractivity contribution in [1.82, 2.24) is 25.5 Å². The molecule has 0 bridgehead atoms. The Morgan fingerprint density at radius 1 is 1.33 bits per heavy atom. The molecule has 21 heavy (non-hydrogen) atoms. The molecule has 1 atom stereocenters. The predicted octanol–water partition coefficient (Wildman–Crippen LogP) is 1.71. The molecule has 1 aromatic carbocycles. The molecule has 1 unspecified atom stereocenters. The van der Waals surface area contributed by atoms with Crippen LogP contribution >= 0.6 is 0 Å². The zero-order valence-electron chi connectivity index (χ0n) is 12.5. The summed E-state index contributed by atoms with van der Waals surface area (Å²) < 4.78 is 7.52. The first-order valence-electron chi connectivity index (χ1n) is 7.34. The number of rotatable bonds is 4. The molecule has 2 aromatic rings. The van der Waals surface area contributed by atoms with E-state index in [-0.39, 0.29) is 5.60 Å². The Morgan fingerprint density at radius 3 is 2.90 bits per heavy atom. The van der Waals surface area contributed by atoms with Gasteiger partial charge in [0.15, 0.2) is 5.82 Å². The third kappa shape index (κ3) is 3.46. The minimum atomic E-state index is -0.0543. The summed E-state index contributed by atoms with van der Waals surface area (Å²) in [5.41, 5.74) is 0.924. The second-order valence-corrected chi connectivity index (χ2v) is 6.02. The average Bonchev–Trinajstić information content (AvgIpc) is 2.93. The number of hydrogen-bond donors (Lipinski definition) is 1. The Kier molecular flexibility index (Phi) is 3.98. The maximum Gasteiger partial charge on any atom is 0.170 e. The van der Waals surface area contributed by atoms with Gasteiger partial charge in [-0.3, -0.25) is 0 Å². The molecule has 0 spiro atoms. The topological polar surface area (TPSA) is 64.9 Å². The molecule has 0 amide bonds. The quantitative estimate of drug-likeness (QED) is 0.927. The molecular formula is C15H21N5O. The largest absolute Gasteiger partial charge is 0.375 e. The molecular weight excluding hydrogens is 266 g/mol. The predicted molar refractivity (Wildman–Crippen MR) is 79.0 cm³/mol. The minimum Gasteiger partial charge on any atom is -0.375 e. The number of hydrogen-bond acceptors (Lipinski definition) is 5. The first-order valence-corrected chi connectivity index (χ1v) is 7.34. The average molecular weight is 287 g/mol. The fraction of sp³-hybridized carbons (Fsp3) is 0.533. The lowest BCUT2D eigenvalue weighted by Crippen LogP contribution is -2.43. The van der Waals surface area contributed by atoms with Crippen molar-refractivity contribution in [3.05, 3.63) is 36.2 Å². The van der Waals surface area contributed by atoms with Gasteiger partial charge >= 0.3 is 0 Å². The number of tetrazole rings is 1. The van der Waals surface area contributed by atoms with Gasteiger partial charge in [0.2, 0.25) is 0 Å². The number of nitrogens with zero attached hydrogens (tertiary/aromatic N) is 4. The molecule has 0 saturated carbocycles. The van der Waals surface area contributed by atoms with Crippen molar-refractivity contribution >= 4 is 0 Å². The van der Waals surface area contributed by atoms with Crippen LogP contribution in [0, 0.1) is 0 Å². The minimum absolute atomic E-state index is 0.0543. The second kappa shape index (κ2) is 5.91. The molecule has 6 nitrogen and oxygen atoms in total. The highest BCUT2D eigenvalue weighted by molar-refractivity contribution is 5.30. The third-order valence-electron chi connectivity index (χ3n) is 3.78. The van der Waals surface area contributed by atoms with Gasteiger partial charge in [0.1, 0.15) is 0 Å². The van der Waals surface area contributed by atoms with Gasteiger partial charge < -0.3 is 10.1 Å². The van der Waals surface area contributed by atoms with Gasteiger partial charge in [0.25, 0.3) is 0 Å². The van der Waals surface area contributed by atoms with Crippen molar-refractivity contribution in [3.8, 4) is 5.69 Å². The first kappa shape index (κ1) is 14.2. The van der Waals surface area contributed by atoms with Crippen LogP contribution in [0.3, 0.4) is 0 Å². The standard InChI is InChI=1S/C15H21N5O/c1-15(2)10-12(8-9-21-15)16-11-14-17-18-19-20(14)13-6-4-3-5-7-13/h3-7,12,16H,8-11H2,1-2H3. The fourth-order valence-electron chi connectivity index (χ4n) is 2.73. The summed E-state index contributed by atoms with van der Waals surface area (Å²) in [6, 6.07) is 10.4. The highest BCUT2D eigenvalue weighted by Crippen LogP contribution is 2.24. The van der Waals surface area contributed by atoms with E-state index in [0.29, 0.717) is 12.6 Å². The van der Waals surface area contributed by atoms with E-state index in [0.717, 1.165) is 31.0 Å². The highest BCUT2D eigenvalue weighted by Gasteiger charge is 2.28. The number of para-hydroxylation sites is 1. The summed E-state index contributed by atoms with van der Waals surface area (Å²) in [5.74, 6) is 0.825. The summed E-state index contributed by atoms with van der Waals surface area (Å²) in [7, 11) is 0. The van der Waals surface area contributed by atoms with E-state index in [1.165, 1.54) is 0 Å². The van der Waals surface area contributed by atoms with E-state index in [1.807, 2.05) is 30.3 Å². The molecule has 1 N–H and O–H groups in total. The Morgan fingerprint density at radius 2 is 2.14 bits per heavy atom. The number of benzene rings is 1. The van der Waals surface area contributed by atoms with Crippen molar-refractivity contribution in [2.75, 3.05) is 6.61 Å². The Balaban J connectivity index is 1.65. The van der Waals surface area contributed by atoms with Crippen molar-refractivity contribution in [2.45, 2.75) is 44.9 Å². The Labute approximate surface area is 124 Å². The Hall–Kier alpha value is -1.79. The molecule has 1 aliphatic rings. The number of ether oxygens (including phenoxy) is 1. The molecule has 1 aromatic heterocycles. The van der Waals surface area contributed by atoms with Crippen molar-refractivity contribution in [3.63, 3.8) is 0 Å². The summed E-state index contributed by atoms with van der Waals surface area (Å²) in [6.45, 7) is 5.72. The number of aromatic nitrogens is 4. The van der Waals surface area contributed by atoms with Crippen LogP contribution in [0.4, 0.5) is 0 Å². The van der Waals surface area contributed by atoms with Gasteiger partial charge in [-0.25, -0.2) is 0 Å². The molecule has 0 aliphatic carbocycles. The van der Waals surface area contributed by atoms with Crippen LogP contribution in [0.15, 0.2) is 30.3 Å². The highest BCUT2D eigenvalue weighted by atomic mass is 16.5. The van der Waals surface area contributed by atoms with Crippen LogP contribution in [0.25, 0.3) is 5.69 Å². The van der Waals surface area contributed by atoms with E-state index in [2.05, 4.69) is 34.7 Å². The SMILES string of the molecule is CC1(C)CC(NCc2nnnn2-c2ccccc2)CCO1. The summed E-state index contributed by atoms with van der Waals surface area (Å²) in [5, 5.41) is 15.5. The van der Waals surface area contributed by atoms with Gasteiger partial charge in [-0.2, -0.15) is 4.68 Å². The van der Waals surface area contributed by atoms with E-state index in [4.69, 9.17) is 4.74 Å². The van der Waals surface area contributed by atoms with Crippen molar-refractivity contribution in [2.24, 2.45) is 0 Å². The molecule has 112 valence electrons. The monoisotopic (exact) mass is 287 g/mol. The normalized spacial score (nSPS) is 21.3. The molecule has 3 rings (SSSR count). The van der Waals surface area contributed by atoms with E-state index < -0.39 is 0 Å². The lowest BCUT2D eigenvalue weighted by Gasteiger charge is -2.35. The van der Waals surface area contributed by atoms with E-state index >= 15 is 0 Å². The van der Waals surface area contributed by atoms with Crippen LogP contribution in [0.5, 0.6) is 0 Å². The summed E-state index contributed by atoms with van der Waals surface area (Å²) >= 11 is 0. The molecule has 0 radical (unpaired) electrons.